The second kappa shape index (κ2) is 8.68. The predicted octanol–water partition coefficient (Wildman–Crippen LogP) is 7.11. The lowest BCUT2D eigenvalue weighted by Gasteiger charge is -2.03. The van der Waals surface area contributed by atoms with Crippen LogP contribution in [0.15, 0.2) is 120 Å². The number of allylic oxidation sites excluding steroid dienone is 2. The zero-order chi connectivity index (χ0) is 20.9. The van der Waals surface area contributed by atoms with Gasteiger partial charge in [-0.1, -0.05) is 97.1 Å². The molecule has 0 saturated carbocycles. The molecule has 0 atom stereocenters. The number of aromatic nitrogens is 1. The summed E-state index contributed by atoms with van der Waals surface area (Å²) < 4.78 is 0. The van der Waals surface area contributed by atoms with Gasteiger partial charge in [0.25, 0.3) is 0 Å². The van der Waals surface area contributed by atoms with Gasteiger partial charge >= 0.3 is 0 Å². The first-order valence-corrected chi connectivity index (χ1v) is 10.4. The number of nitrogens with zero attached hydrogens (tertiary/aromatic N) is 1. The number of hydrogen-bond donors (Lipinski definition) is 1. The van der Waals surface area contributed by atoms with Crippen LogP contribution >= 0.6 is 0 Å². The molecule has 0 fully saturated rings. The van der Waals surface area contributed by atoms with E-state index in [0.717, 1.165) is 33.9 Å². The zero-order valence-corrected chi connectivity index (χ0v) is 17.1. The fraction of sp³-hybridized carbons (Fsp3) is 0. The number of rotatable bonds is 5. The summed E-state index contributed by atoms with van der Waals surface area (Å²) in [6, 6.07) is 35.2. The quantitative estimate of drug-likeness (QED) is 0.371. The normalized spacial score (nSPS) is 14.8. The van der Waals surface area contributed by atoms with Gasteiger partial charge in [-0.3, -0.25) is 0 Å². The molecule has 1 aliphatic rings. The Bertz CT molecular complexity index is 1290. The minimum atomic E-state index is 0.963. The van der Waals surface area contributed by atoms with E-state index in [4.69, 9.17) is 4.99 Å². The summed E-state index contributed by atoms with van der Waals surface area (Å²) in [5.74, 6) is 0. The average Bonchev–Trinajstić information content (AvgIpc) is 3.47. The van der Waals surface area contributed by atoms with Gasteiger partial charge in [0.05, 0.1) is 11.4 Å². The summed E-state index contributed by atoms with van der Waals surface area (Å²) in [4.78, 5) is 8.44. The van der Waals surface area contributed by atoms with E-state index in [9.17, 15) is 0 Å². The van der Waals surface area contributed by atoms with E-state index in [1.165, 1.54) is 11.1 Å². The highest BCUT2D eigenvalue weighted by Gasteiger charge is 2.17. The molecule has 0 aliphatic carbocycles. The Hall–Kier alpha value is -4.17. The third-order valence-electron chi connectivity index (χ3n) is 5.23. The van der Waals surface area contributed by atoms with Gasteiger partial charge in [-0.25, -0.2) is 4.99 Å². The molecule has 4 aromatic rings. The van der Waals surface area contributed by atoms with Crippen LogP contribution in [0.25, 0.3) is 23.8 Å². The van der Waals surface area contributed by atoms with Gasteiger partial charge < -0.3 is 4.98 Å². The monoisotopic (exact) mass is 398 g/mol. The van der Waals surface area contributed by atoms with Crippen LogP contribution < -0.4 is 0 Å². The second-order valence-corrected chi connectivity index (χ2v) is 7.43. The van der Waals surface area contributed by atoms with Crippen molar-refractivity contribution in [2.75, 3.05) is 0 Å². The lowest BCUT2D eigenvalue weighted by molar-refractivity contribution is 1.33. The van der Waals surface area contributed by atoms with E-state index in [2.05, 4.69) is 90.0 Å². The lowest BCUT2D eigenvalue weighted by Crippen LogP contribution is -1.92. The number of nitrogens with one attached hydrogen (secondary N) is 1. The predicted molar refractivity (Wildman–Crippen MR) is 132 cm³/mol. The Kier molecular flexibility index (Phi) is 5.27. The third kappa shape index (κ3) is 4.39. The Labute approximate surface area is 182 Å². The van der Waals surface area contributed by atoms with Gasteiger partial charge in [0, 0.05) is 22.5 Å². The maximum absolute atomic E-state index is 4.96. The van der Waals surface area contributed by atoms with Gasteiger partial charge in [0.1, 0.15) is 0 Å². The van der Waals surface area contributed by atoms with Crippen molar-refractivity contribution < 1.29 is 0 Å². The molecule has 31 heavy (non-hydrogen) atoms. The Morgan fingerprint density at radius 1 is 0.581 bits per heavy atom. The number of H-pyrrole nitrogens is 1. The van der Waals surface area contributed by atoms with Gasteiger partial charge in [-0.2, -0.15) is 0 Å². The highest BCUT2D eigenvalue weighted by molar-refractivity contribution is 6.18. The molecule has 0 amide bonds. The minimum absolute atomic E-state index is 0.963. The Morgan fingerprint density at radius 3 is 1.90 bits per heavy atom. The first-order chi connectivity index (χ1) is 15.3. The molecular formula is C29H22N2. The minimum Gasteiger partial charge on any atom is -0.355 e. The van der Waals surface area contributed by atoms with Crippen molar-refractivity contribution in [3.05, 3.63) is 143 Å². The van der Waals surface area contributed by atoms with Crippen LogP contribution in [0, 0.1) is 0 Å². The van der Waals surface area contributed by atoms with Crippen LogP contribution in [-0.4, -0.2) is 10.7 Å². The highest BCUT2D eigenvalue weighted by Crippen LogP contribution is 2.32. The van der Waals surface area contributed by atoms with Gasteiger partial charge in [-0.05, 0) is 41.5 Å². The SMILES string of the molecule is C1=C(c2ccccc2)/C(=C/c2ccc(/C=C/c3ccccc3)[nH]2)N=C1c1ccccc1. The smallest absolute Gasteiger partial charge is 0.0736 e. The molecule has 0 saturated heterocycles. The summed E-state index contributed by atoms with van der Waals surface area (Å²) in [7, 11) is 0. The molecule has 2 heteroatoms. The summed E-state index contributed by atoms with van der Waals surface area (Å²) in [5.41, 5.74) is 8.65. The Morgan fingerprint density at radius 2 is 1.19 bits per heavy atom. The summed E-state index contributed by atoms with van der Waals surface area (Å²) in [6.45, 7) is 0. The molecule has 0 radical (unpaired) electrons. The first-order valence-electron chi connectivity index (χ1n) is 10.4. The van der Waals surface area contributed by atoms with Crippen molar-refractivity contribution in [3.8, 4) is 0 Å². The molecule has 2 nitrogen and oxygen atoms in total. The van der Waals surface area contributed by atoms with Crippen LogP contribution in [0.2, 0.25) is 0 Å². The molecule has 1 aliphatic heterocycles. The first kappa shape index (κ1) is 18.8. The molecule has 1 aromatic heterocycles. The van der Waals surface area contributed by atoms with Crippen LogP contribution in [0.4, 0.5) is 0 Å². The van der Waals surface area contributed by atoms with Crippen molar-refractivity contribution in [2.45, 2.75) is 0 Å². The standard InChI is InChI=1S/C29H22N2/c1-4-10-22(11-5-1)16-17-25-18-19-26(30-25)20-29-27(23-12-6-2-7-13-23)21-28(31-29)24-14-8-3-9-15-24/h1-21,30H/b17-16+,29-20-. The van der Waals surface area contributed by atoms with Crippen molar-refractivity contribution in [3.63, 3.8) is 0 Å². The molecule has 148 valence electrons. The molecule has 3 aromatic carbocycles. The molecule has 2 heterocycles. The number of benzene rings is 3. The van der Waals surface area contributed by atoms with Crippen molar-refractivity contribution in [1.82, 2.24) is 4.98 Å². The zero-order valence-electron chi connectivity index (χ0n) is 17.1. The molecule has 1 N–H and O–H groups in total. The van der Waals surface area contributed by atoms with E-state index in [0.29, 0.717) is 0 Å². The van der Waals surface area contributed by atoms with Crippen molar-refractivity contribution in [1.29, 1.82) is 0 Å². The van der Waals surface area contributed by atoms with E-state index in [1.54, 1.807) is 0 Å². The summed E-state index contributed by atoms with van der Waals surface area (Å²) >= 11 is 0. The summed E-state index contributed by atoms with van der Waals surface area (Å²) in [6.07, 6.45) is 8.50. The lowest BCUT2D eigenvalue weighted by atomic mass is 10.0. The number of aliphatic imine (C=N–C) groups is 1. The van der Waals surface area contributed by atoms with Crippen LogP contribution in [-0.2, 0) is 0 Å². The maximum Gasteiger partial charge on any atom is 0.0736 e. The molecule has 0 spiro atoms. The van der Waals surface area contributed by atoms with Gasteiger partial charge in [0.15, 0.2) is 0 Å². The second-order valence-electron chi connectivity index (χ2n) is 7.43. The van der Waals surface area contributed by atoms with Gasteiger partial charge in [-0.15, -0.1) is 0 Å². The Balaban J connectivity index is 1.47. The fourth-order valence-corrected chi connectivity index (χ4v) is 3.66. The van der Waals surface area contributed by atoms with Crippen LogP contribution in [0.5, 0.6) is 0 Å². The van der Waals surface area contributed by atoms with E-state index >= 15 is 0 Å². The van der Waals surface area contributed by atoms with Gasteiger partial charge in [0.2, 0.25) is 0 Å². The molecule has 5 rings (SSSR count). The molecule has 0 bridgehead atoms. The maximum atomic E-state index is 4.96. The van der Waals surface area contributed by atoms with E-state index < -0.39 is 0 Å². The van der Waals surface area contributed by atoms with Crippen molar-refractivity contribution >= 4 is 29.5 Å². The molecule has 0 unspecified atom stereocenters. The third-order valence-corrected chi connectivity index (χ3v) is 5.23. The largest absolute Gasteiger partial charge is 0.355 e. The van der Waals surface area contributed by atoms with Crippen LogP contribution in [0.1, 0.15) is 28.1 Å². The molecular weight excluding hydrogens is 376 g/mol. The fourth-order valence-electron chi connectivity index (χ4n) is 3.66. The average molecular weight is 399 g/mol. The van der Waals surface area contributed by atoms with E-state index in [-0.39, 0.29) is 0 Å². The number of aromatic amines is 1. The summed E-state index contributed by atoms with van der Waals surface area (Å²) in [5, 5.41) is 0. The highest BCUT2D eigenvalue weighted by atomic mass is 14.8. The van der Waals surface area contributed by atoms with Crippen molar-refractivity contribution in [2.24, 2.45) is 4.99 Å². The van der Waals surface area contributed by atoms with Crippen LogP contribution in [0.3, 0.4) is 0 Å². The number of hydrogen-bond acceptors (Lipinski definition) is 1. The topological polar surface area (TPSA) is 28.1 Å². The van der Waals surface area contributed by atoms with E-state index in [1.807, 2.05) is 42.5 Å².